The first-order valence-electron chi connectivity index (χ1n) is 21.0. The van der Waals surface area contributed by atoms with Crippen LogP contribution >= 0.6 is 12.1 Å². The minimum Gasteiger partial charge on any atom is -0.309 e. The van der Waals surface area contributed by atoms with E-state index in [2.05, 4.69) is 227 Å². The second kappa shape index (κ2) is 13.3. The molecular weight excluding hydrogens is 829 g/mol. The lowest BCUT2D eigenvalue weighted by molar-refractivity contribution is 1.17. The van der Waals surface area contributed by atoms with E-state index in [1.54, 1.807) is 0 Å². The molecule has 0 saturated carbocycles. The lowest BCUT2D eigenvalue weighted by Crippen LogP contribution is -2.46. The third-order valence-corrected chi connectivity index (χ3v) is 22.9. The van der Waals surface area contributed by atoms with Gasteiger partial charge in [0.15, 0.2) is 0 Å². The monoisotopic (exact) mass is 865 g/mol. The Morgan fingerprint density at radius 1 is 0.355 bits per heavy atom. The lowest BCUT2D eigenvalue weighted by atomic mass is 10.1. The zero-order valence-electron chi connectivity index (χ0n) is 33.7. The summed E-state index contributed by atoms with van der Waals surface area (Å²) >= 11 is 14.7. The van der Waals surface area contributed by atoms with Crippen molar-refractivity contribution in [2.75, 3.05) is 4.90 Å². The van der Waals surface area contributed by atoms with Gasteiger partial charge >= 0.3 is 0 Å². The zero-order valence-corrected chi connectivity index (χ0v) is 37.1. The Labute approximate surface area is 370 Å². The van der Waals surface area contributed by atoms with Gasteiger partial charge in [-0.2, -0.15) is 0 Å². The van der Waals surface area contributed by atoms with Gasteiger partial charge in [0.05, 0.1) is 39.1 Å². The van der Waals surface area contributed by atoms with Crippen LogP contribution in [-0.4, -0.2) is 9.13 Å². The zero-order chi connectivity index (χ0) is 41.3. The van der Waals surface area contributed by atoms with Gasteiger partial charge in [0.2, 0.25) is 0 Å². The quantitative estimate of drug-likeness (QED) is 0.164. The van der Waals surface area contributed by atoms with Crippen molar-refractivity contribution in [1.29, 1.82) is 0 Å². The molecule has 2 aliphatic heterocycles. The molecule has 4 heterocycles. The number of benzene rings is 9. The minimum atomic E-state index is -2.68. The second-order valence-corrected chi connectivity index (χ2v) is 25.1. The first kappa shape index (κ1) is 36.3. The predicted molar refractivity (Wildman–Crippen MR) is 274 cm³/mol. The Balaban J connectivity index is 1.15. The van der Waals surface area contributed by atoms with Gasteiger partial charge in [0.1, 0.15) is 0 Å². The fourth-order valence-electron chi connectivity index (χ4n) is 10.5. The number of anilines is 3. The van der Waals surface area contributed by atoms with E-state index in [-0.39, 0.29) is 0 Å². The maximum atomic E-state index is 7.36. The molecular formula is C55H37N3P2S2. The van der Waals surface area contributed by atoms with Crippen molar-refractivity contribution < 1.29 is 0 Å². The highest BCUT2D eigenvalue weighted by atomic mass is 32.4. The van der Waals surface area contributed by atoms with E-state index in [0.717, 1.165) is 22.7 Å². The van der Waals surface area contributed by atoms with Crippen LogP contribution in [0.5, 0.6) is 0 Å². The molecule has 0 amide bonds. The Hall–Kier alpha value is -6.32. The van der Waals surface area contributed by atoms with E-state index in [1.165, 1.54) is 86.7 Å². The SMILES string of the molecule is Cc1cc2c3c(c1)P(=S)(c1ccccc1)c1cc(-n4c5ccccc5c5ccccc54)ccc1N3c1ccc(-n3c4ccccc4c4ccccc43)cc1P2(=S)c1ccccc1. The first-order valence-corrected chi connectivity index (χ1v) is 26.6. The van der Waals surface area contributed by atoms with Crippen LogP contribution in [0.25, 0.3) is 55.0 Å². The number of aromatic nitrogens is 2. The average Bonchev–Trinajstić information content (AvgIpc) is 3.85. The highest BCUT2D eigenvalue weighted by Crippen LogP contribution is 2.61. The topological polar surface area (TPSA) is 13.1 Å². The van der Waals surface area contributed by atoms with Crippen molar-refractivity contribution >= 4 is 128 Å². The molecule has 13 rings (SSSR count). The van der Waals surface area contributed by atoms with Gasteiger partial charge in [0.25, 0.3) is 0 Å². The van der Waals surface area contributed by atoms with E-state index in [1.807, 2.05) is 0 Å². The first-order chi connectivity index (χ1) is 30.4. The highest BCUT2D eigenvalue weighted by Gasteiger charge is 2.46. The smallest absolute Gasteiger partial charge is 0.0644 e. The van der Waals surface area contributed by atoms with E-state index in [0.29, 0.717) is 0 Å². The number of fused-ring (bicyclic) bond motifs is 10. The van der Waals surface area contributed by atoms with Crippen molar-refractivity contribution in [3.63, 3.8) is 0 Å². The minimum absolute atomic E-state index is 1.11. The van der Waals surface area contributed by atoms with Crippen LogP contribution in [0.4, 0.5) is 17.1 Å². The molecule has 7 heteroatoms. The standard InChI is InChI=1S/C55H37N3P2S2/c1-36-32-53-55-54(33-36)60(62,40-18-6-3-7-19-40)52-35-38(57-47-26-14-10-22-43(47)44-23-11-15-27-48(44)57)29-31-50(52)58(55)49-30-28-37(34-51(49)59(53,61)39-16-4-2-5-17-39)56-45-24-12-8-20-41(45)42-21-9-13-25-46(42)56/h2-35H,1H3. The molecule has 0 spiro atoms. The molecule has 0 N–H and O–H groups in total. The number of rotatable bonds is 4. The van der Waals surface area contributed by atoms with E-state index < -0.39 is 12.1 Å². The van der Waals surface area contributed by atoms with Crippen molar-refractivity contribution in [2.24, 2.45) is 0 Å². The third-order valence-electron chi connectivity index (χ3n) is 13.1. The van der Waals surface area contributed by atoms with Gasteiger partial charge in [-0.1, -0.05) is 157 Å². The van der Waals surface area contributed by atoms with E-state index >= 15 is 0 Å². The molecule has 0 bridgehead atoms. The van der Waals surface area contributed by atoms with Crippen molar-refractivity contribution in [1.82, 2.24) is 9.13 Å². The fraction of sp³-hybridized carbons (Fsp3) is 0.0182. The summed E-state index contributed by atoms with van der Waals surface area (Å²) in [6, 6.07) is 70.3. The van der Waals surface area contributed by atoms with Gasteiger partial charge in [0, 0.05) is 66.2 Å². The number of para-hydroxylation sites is 4. The van der Waals surface area contributed by atoms with Crippen molar-refractivity contribution in [3.05, 3.63) is 212 Å². The molecule has 11 aromatic rings. The molecule has 0 fully saturated rings. The summed E-state index contributed by atoms with van der Waals surface area (Å²) in [4.78, 5) is 2.53. The van der Waals surface area contributed by atoms with Crippen LogP contribution in [0.2, 0.25) is 0 Å². The molecule has 9 aromatic carbocycles. The number of nitrogens with zero attached hydrogens (tertiary/aromatic N) is 3. The summed E-state index contributed by atoms with van der Waals surface area (Å²) in [5, 5.41) is 12.1. The Morgan fingerprint density at radius 2 is 0.694 bits per heavy atom. The molecule has 3 nitrogen and oxygen atoms in total. The Bertz CT molecular complexity index is 3440. The Morgan fingerprint density at radius 3 is 1.06 bits per heavy atom. The second-order valence-electron chi connectivity index (χ2n) is 16.5. The van der Waals surface area contributed by atoms with Gasteiger partial charge < -0.3 is 14.0 Å². The van der Waals surface area contributed by atoms with Crippen LogP contribution in [0.15, 0.2) is 206 Å². The molecule has 2 atom stereocenters. The summed E-state index contributed by atoms with van der Waals surface area (Å²) in [5.74, 6) is 0. The summed E-state index contributed by atoms with van der Waals surface area (Å²) in [6.07, 6.45) is 0. The maximum absolute atomic E-state index is 7.36. The largest absolute Gasteiger partial charge is 0.309 e. The molecule has 2 unspecified atom stereocenters. The summed E-state index contributed by atoms with van der Waals surface area (Å²) < 4.78 is 4.84. The van der Waals surface area contributed by atoms with E-state index in [4.69, 9.17) is 23.6 Å². The fourth-order valence-corrected chi connectivity index (χ4v) is 19.3. The molecule has 2 aliphatic rings. The molecule has 0 radical (unpaired) electrons. The summed E-state index contributed by atoms with van der Waals surface area (Å²) in [6.45, 7) is 2.23. The van der Waals surface area contributed by atoms with Crippen LogP contribution in [0.1, 0.15) is 5.56 Å². The number of hydrogen-bond acceptors (Lipinski definition) is 3. The molecule has 2 aromatic heterocycles. The van der Waals surface area contributed by atoms with Gasteiger partial charge in [-0.15, -0.1) is 0 Å². The Kier molecular flexibility index (Phi) is 7.82. The lowest BCUT2D eigenvalue weighted by Gasteiger charge is -2.47. The third kappa shape index (κ3) is 4.83. The van der Waals surface area contributed by atoms with Crippen LogP contribution in [0, 0.1) is 6.92 Å². The molecule has 62 heavy (non-hydrogen) atoms. The number of hydrogen-bond donors (Lipinski definition) is 0. The molecule has 0 saturated heterocycles. The number of aryl methyl sites for hydroxylation is 1. The van der Waals surface area contributed by atoms with Crippen LogP contribution in [0.3, 0.4) is 0 Å². The predicted octanol–water partition coefficient (Wildman–Crippen LogP) is 11.8. The van der Waals surface area contributed by atoms with Crippen molar-refractivity contribution in [3.8, 4) is 11.4 Å². The van der Waals surface area contributed by atoms with Gasteiger partial charge in [-0.3, -0.25) is 0 Å². The van der Waals surface area contributed by atoms with Gasteiger partial charge in [-0.25, -0.2) is 0 Å². The van der Waals surface area contributed by atoms with Crippen LogP contribution < -0.4 is 36.7 Å². The van der Waals surface area contributed by atoms with E-state index in [9.17, 15) is 0 Å². The normalized spacial score (nSPS) is 17.7. The summed E-state index contributed by atoms with van der Waals surface area (Å²) in [7, 11) is 0. The van der Waals surface area contributed by atoms with Crippen molar-refractivity contribution in [2.45, 2.75) is 6.92 Å². The molecule has 0 aliphatic carbocycles. The molecule has 294 valence electrons. The van der Waals surface area contributed by atoms with Crippen LogP contribution in [-0.2, 0) is 23.6 Å². The highest BCUT2D eigenvalue weighted by molar-refractivity contribution is 8.27. The summed E-state index contributed by atoms with van der Waals surface area (Å²) in [5.41, 5.74) is 11.5. The van der Waals surface area contributed by atoms with Gasteiger partial charge in [-0.05, 0) is 95.9 Å². The average molecular weight is 866 g/mol. The maximum Gasteiger partial charge on any atom is 0.0644 e.